The van der Waals surface area contributed by atoms with Crippen molar-refractivity contribution in [1.82, 2.24) is 5.23 Å². The third-order valence-corrected chi connectivity index (χ3v) is 3.85. The number of carbonyl (C=O) groups excluding carboxylic acids is 1. The van der Waals surface area contributed by atoms with Crippen LogP contribution in [-0.4, -0.2) is 30.7 Å². The lowest BCUT2D eigenvalue weighted by Crippen LogP contribution is -2.40. The van der Waals surface area contributed by atoms with Crippen LogP contribution in [0.25, 0.3) is 0 Å². The van der Waals surface area contributed by atoms with E-state index >= 15 is 0 Å². The minimum Gasteiger partial charge on any atom is -0.466 e. The van der Waals surface area contributed by atoms with Gasteiger partial charge < -0.3 is 15.0 Å². The van der Waals surface area contributed by atoms with Crippen LogP contribution in [0.3, 0.4) is 0 Å². The van der Waals surface area contributed by atoms with Gasteiger partial charge in [-0.15, -0.1) is 0 Å². The highest BCUT2D eigenvalue weighted by molar-refractivity contribution is 6.45. The second-order valence-corrected chi connectivity index (χ2v) is 5.22. The maximum atomic E-state index is 12.1. The molecule has 1 fully saturated rings. The smallest absolute Gasteiger partial charge is 0.373 e. The molecular weight excluding hydrogens is 217 g/mol. The van der Waals surface area contributed by atoms with Crippen LogP contribution < -0.4 is 5.23 Å². The molecule has 0 unspecified atom stereocenters. The number of hydrogen-bond acceptors (Lipinski definition) is 4. The van der Waals surface area contributed by atoms with Crippen molar-refractivity contribution >= 4 is 13.0 Å². The molecule has 0 bridgehead atoms. The molecule has 1 aliphatic rings. The average Bonchev–Trinajstić information content (AvgIpc) is 2.55. The summed E-state index contributed by atoms with van der Waals surface area (Å²) in [6.07, 6.45) is 2.64. The summed E-state index contributed by atoms with van der Waals surface area (Å²) in [5.41, 5.74) is -0.405. The van der Waals surface area contributed by atoms with E-state index < -0.39 is 12.5 Å². The third kappa shape index (κ3) is 3.22. The molecule has 2 N–H and O–H groups in total. The maximum absolute atomic E-state index is 12.1. The lowest BCUT2D eigenvalue weighted by molar-refractivity contribution is -0.156. The molecule has 0 aromatic rings. The molecule has 5 heteroatoms. The summed E-state index contributed by atoms with van der Waals surface area (Å²) < 4.78 is 5.18. The molecule has 98 valence electrons. The fourth-order valence-corrected chi connectivity index (χ4v) is 3.00. The second-order valence-electron chi connectivity index (χ2n) is 5.22. The molecule has 0 radical (unpaired) electrons. The molecule has 0 amide bonds. The van der Waals surface area contributed by atoms with Crippen LogP contribution in [0.1, 0.15) is 40.0 Å². The zero-order valence-corrected chi connectivity index (χ0v) is 11.3. The van der Waals surface area contributed by atoms with E-state index in [2.05, 4.69) is 12.2 Å². The molecule has 0 saturated heterocycles. The summed E-state index contributed by atoms with van der Waals surface area (Å²) in [5.74, 6) is 0.236. The molecule has 1 aliphatic carbocycles. The topological polar surface area (TPSA) is 58.6 Å². The van der Waals surface area contributed by atoms with Crippen molar-refractivity contribution in [3.8, 4) is 0 Å². The number of carbonyl (C=O) groups is 1. The van der Waals surface area contributed by atoms with Gasteiger partial charge in [-0.25, -0.2) is 0 Å². The highest BCUT2D eigenvalue weighted by Crippen LogP contribution is 2.45. The molecule has 17 heavy (non-hydrogen) atoms. The first kappa shape index (κ1) is 14.5. The fourth-order valence-electron chi connectivity index (χ4n) is 3.00. The van der Waals surface area contributed by atoms with Gasteiger partial charge in [0.1, 0.15) is 0 Å². The lowest BCUT2D eigenvalue weighted by atomic mass is 9.78. The number of rotatable bonds is 5. The Labute approximate surface area is 104 Å². The van der Waals surface area contributed by atoms with E-state index in [1.807, 2.05) is 13.8 Å². The first-order chi connectivity index (χ1) is 7.93. The summed E-state index contributed by atoms with van der Waals surface area (Å²) >= 11 is 0. The molecular formula is C12H24BNO3. The van der Waals surface area contributed by atoms with Gasteiger partial charge in [0.25, 0.3) is 0 Å². The molecule has 1 saturated carbocycles. The average molecular weight is 241 g/mol. The van der Waals surface area contributed by atoms with E-state index in [9.17, 15) is 9.82 Å². The van der Waals surface area contributed by atoms with Gasteiger partial charge in [-0.05, 0) is 45.5 Å². The maximum Gasteiger partial charge on any atom is 0.373 e. The third-order valence-electron chi connectivity index (χ3n) is 3.85. The van der Waals surface area contributed by atoms with Crippen molar-refractivity contribution in [3.63, 3.8) is 0 Å². The van der Waals surface area contributed by atoms with Crippen molar-refractivity contribution in [3.05, 3.63) is 0 Å². The van der Waals surface area contributed by atoms with Crippen LogP contribution in [0.4, 0.5) is 0 Å². The second kappa shape index (κ2) is 5.87. The number of ether oxygens (including phenoxy) is 1. The van der Waals surface area contributed by atoms with Gasteiger partial charge in [-0.3, -0.25) is 4.79 Å². The van der Waals surface area contributed by atoms with Gasteiger partial charge in [0.15, 0.2) is 0 Å². The number of nitrogens with one attached hydrogen (secondary N) is 1. The highest BCUT2D eigenvalue weighted by atomic mass is 16.5. The zero-order chi connectivity index (χ0) is 13.1. The Hall–Kier alpha value is -0.545. The summed E-state index contributed by atoms with van der Waals surface area (Å²) in [5, 5.41) is 12.5. The molecule has 0 aromatic heterocycles. The van der Waals surface area contributed by atoms with E-state index in [-0.39, 0.29) is 12.0 Å². The minimum absolute atomic E-state index is 0.0956. The largest absolute Gasteiger partial charge is 0.466 e. The van der Waals surface area contributed by atoms with Crippen molar-refractivity contribution in [2.75, 3.05) is 6.61 Å². The minimum atomic E-state index is -0.526. The summed E-state index contributed by atoms with van der Waals surface area (Å²) in [6.45, 7) is 8.07. The van der Waals surface area contributed by atoms with Gasteiger partial charge in [-0.2, -0.15) is 0 Å². The standard InChI is InChI=1S/C12H24BNO3/c1-5-9-7-10(14-13(4)16)8-12(9,3)11(15)17-6-2/h9-10,14,16H,5-8H2,1-4H3/t9-,10+,12+/m0/s1. The molecule has 4 nitrogen and oxygen atoms in total. The predicted molar refractivity (Wildman–Crippen MR) is 68.5 cm³/mol. The SMILES string of the molecule is CCOC(=O)[C@]1(C)C[C@H](NB(C)O)C[C@@H]1CC. The van der Waals surface area contributed by atoms with Crippen molar-refractivity contribution in [1.29, 1.82) is 0 Å². The Kier molecular flexibility index (Phi) is 5.01. The van der Waals surface area contributed by atoms with Crippen LogP contribution in [-0.2, 0) is 9.53 Å². The molecule has 0 heterocycles. The monoisotopic (exact) mass is 241 g/mol. The van der Waals surface area contributed by atoms with Crippen molar-refractivity contribution in [2.45, 2.75) is 52.9 Å². The van der Waals surface area contributed by atoms with Gasteiger partial charge in [0.05, 0.1) is 12.0 Å². The highest BCUT2D eigenvalue weighted by Gasteiger charge is 2.49. The molecule has 0 aromatic carbocycles. The summed E-state index contributed by atoms with van der Waals surface area (Å²) in [7, 11) is -0.526. The lowest BCUT2D eigenvalue weighted by Gasteiger charge is -2.28. The Morgan fingerprint density at radius 1 is 1.59 bits per heavy atom. The predicted octanol–water partition coefficient (Wildman–Crippen LogP) is 1.44. The van der Waals surface area contributed by atoms with Crippen LogP contribution in [0.15, 0.2) is 0 Å². The van der Waals surface area contributed by atoms with E-state index in [0.29, 0.717) is 12.5 Å². The number of esters is 1. The fraction of sp³-hybridized carbons (Fsp3) is 0.917. The van der Waals surface area contributed by atoms with Crippen LogP contribution in [0.5, 0.6) is 0 Å². The Balaban J connectivity index is 2.73. The van der Waals surface area contributed by atoms with Crippen LogP contribution >= 0.6 is 0 Å². The Morgan fingerprint density at radius 2 is 2.24 bits per heavy atom. The molecule has 1 rings (SSSR count). The van der Waals surface area contributed by atoms with E-state index in [4.69, 9.17) is 4.74 Å². The van der Waals surface area contributed by atoms with Crippen molar-refractivity contribution < 1.29 is 14.6 Å². The normalized spacial score (nSPS) is 32.5. The quantitative estimate of drug-likeness (QED) is 0.565. The van der Waals surface area contributed by atoms with E-state index in [1.54, 1.807) is 6.82 Å². The molecule has 3 atom stereocenters. The summed E-state index contributed by atoms with van der Waals surface area (Å²) in [6, 6.07) is 0.203. The zero-order valence-electron chi connectivity index (χ0n) is 11.3. The molecule has 0 aliphatic heterocycles. The first-order valence-corrected chi connectivity index (χ1v) is 6.55. The first-order valence-electron chi connectivity index (χ1n) is 6.55. The Morgan fingerprint density at radius 3 is 2.71 bits per heavy atom. The van der Waals surface area contributed by atoms with Gasteiger partial charge in [-0.1, -0.05) is 13.3 Å². The van der Waals surface area contributed by atoms with Crippen molar-refractivity contribution in [2.24, 2.45) is 11.3 Å². The summed E-state index contributed by atoms with van der Waals surface area (Å²) in [4.78, 5) is 12.1. The van der Waals surface area contributed by atoms with Crippen LogP contribution in [0.2, 0.25) is 6.82 Å². The van der Waals surface area contributed by atoms with E-state index in [1.165, 1.54) is 0 Å². The Bertz CT molecular complexity index is 272. The van der Waals surface area contributed by atoms with Gasteiger partial charge in [0, 0.05) is 0 Å². The van der Waals surface area contributed by atoms with E-state index in [0.717, 1.165) is 19.3 Å². The number of hydrogen-bond donors (Lipinski definition) is 2. The van der Waals surface area contributed by atoms with Crippen LogP contribution in [0, 0.1) is 11.3 Å². The molecule has 0 spiro atoms. The van der Waals surface area contributed by atoms with Gasteiger partial charge >= 0.3 is 13.0 Å². The van der Waals surface area contributed by atoms with Gasteiger partial charge in [0.2, 0.25) is 0 Å².